The Morgan fingerprint density at radius 3 is 2.43 bits per heavy atom. The number of aryl methyl sites for hydroxylation is 1. The molecule has 0 aromatic heterocycles. The molecule has 2 aromatic rings. The molecule has 162 valence electrons. The summed E-state index contributed by atoms with van der Waals surface area (Å²) in [6, 6.07) is 12.0. The normalized spacial score (nSPS) is 16.9. The second-order valence-corrected chi connectivity index (χ2v) is 10.1. The number of rotatable bonds is 6. The van der Waals surface area contributed by atoms with Gasteiger partial charge in [-0.05, 0) is 44.4 Å². The topological polar surface area (TPSA) is 66.5 Å². The van der Waals surface area contributed by atoms with Crippen LogP contribution in [0.15, 0.2) is 42.5 Å². The highest BCUT2D eigenvalue weighted by molar-refractivity contribution is 7.88. The van der Waals surface area contributed by atoms with Crippen molar-refractivity contribution in [1.29, 1.82) is 0 Å². The van der Waals surface area contributed by atoms with E-state index in [1.54, 1.807) is 0 Å². The molecule has 0 unspecified atom stereocenters. The highest BCUT2D eigenvalue weighted by Crippen LogP contribution is 2.26. The van der Waals surface area contributed by atoms with E-state index in [4.69, 9.17) is 11.6 Å². The van der Waals surface area contributed by atoms with Gasteiger partial charge >= 0.3 is 0 Å². The highest BCUT2D eigenvalue weighted by atomic mass is 35.5. The van der Waals surface area contributed by atoms with Gasteiger partial charge in [-0.1, -0.05) is 47.5 Å². The van der Waals surface area contributed by atoms with Gasteiger partial charge in [-0.2, -0.15) is 0 Å². The number of piperidine rings is 1. The van der Waals surface area contributed by atoms with Crippen molar-refractivity contribution < 1.29 is 17.6 Å². The molecule has 1 fully saturated rings. The average molecular weight is 453 g/mol. The second kappa shape index (κ2) is 9.45. The first-order valence-corrected chi connectivity index (χ1v) is 11.9. The van der Waals surface area contributed by atoms with Gasteiger partial charge < -0.3 is 5.32 Å². The monoisotopic (exact) mass is 452 g/mol. The van der Waals surface area contributed by atoms with Crippen molar-refractivity contribution in [1.82, 2.24) is 9.62 Å². The van der Waals surface area contributed by atoms with Gasteiger partial charge in [0.15, 0.2) is 0 Å². The summed E-state index contributed by atoms with van der Waals surface area (Å²) in [5, 5.41) is 3.12. The Morgan fingerprint density at radius 1 is 1.20 bits per heavy atom. The lowest BCUT2D eigenvalue weighted by Gasteiger charge is -2.31. The van der Waals surface area contributed by atoms with E-state index in [1.807, 2.05) is 38.1 Å². The van der Waals surface area contributed by atoms with Crippen molar-refractivity contribution in [2.45, 2.75) is 38.5 Å². The van der Waals surface area contributed by atoms with E-state index >= 15 is 0 Å². The molecular formula is C22H26ClFN2O3S. The number of benzene rings is 2. The van der Waals surface area contributed by atoms with Gasteiger partial charge in [0, 0.05) is 29.6 Å². The summed E-state index contributed by atoms with van der Waals surface area (Å²) in [6.07, 6.45) is 0.855. The molecule has 2 aromatic carbocycles. The largest absolute Gasteiger partial charge is 0.349 e. The SMILES string of the molecule is Cc1ccc([C@@H](C)NC(=O)C2CCN(S(=O)(=O)Cc3c(F)cccc3Cl)CC2)cc1. The molecule has 0 spiro atoms. The molecule has 5 nitrogen and oxygen atoms in total. The Labute approximate surface area is 182 Å². The van der Waals surface area contributed by atoms with Crippen molar-refractivity contribution >= 4 is 27.5 Å². The van der Waals surface area contributed by atoms with Crippen molar-refractivity contribution in [2.75, 3.05) is 13.1 Å². The molecule has 0 aliphatic carbocycles. The predicted octanol–water partition coefficient (Wildman–Crippen LogP) is 4.21. The maximum absolute atomic E-state index is 14.0. The number of nitrogens with zero attached hydrogens (tertiary/aromatic N) is 1. The maximum atomic E-state index is 14.0. The molecule has 0 radical (unpaired) electrons. The number of hydrogen-bond acceptors (Lipinski definition) is 3. The fourth-order valence-corrected chi connectivity index (χ4v) is 5.53. The Bertz CT molecular complexity index is 983. The Kier molecular flexibility index (Phi) is 7.16. The van der Waals surface area contributed by atoms with Crippen LogP contribution >= 0.6 is 11.6 Å². The molecule has 1 N–H and O–H groups in total. The molecule has 1 atom stereocenters. The number of sulfonamides is 1. The van der Waals surface area contributed by atoms with Crippen LogP contribution in [0.5, 0.6) is 0 Å². The molecule has 1 amide bonds. The zero-order chi connectivity index (χ0) is 21.9. The van der Waals surface area contributed by atoms with Gasteiger partial charge in [0.05, 0.1) is 11.8 Å². The number of halogens is 2. The first-order chi connectivity index (χ1) is 14.2. The lowest BCUT2D eigenvalue weighted by atomic mass is 9.96. The van der Waals surface area contributed by atoms with Crippen LogP contribution in [0.4, 0.5) is 4.39 Å². The minimum Gasteiger partial charge on any atom is -0.349 e. The summed E-state index contributed by atoms with van der Waals surface area (Å²) in [5.41, 5.74) is 2.16. The van der Waals surface area contributed by atoms with Gasteiger partial charge in [0.2, 0.25) is 15.9 Å². The minimum atomic E-state index is -3.72. The number of carbonyl (C=O) groups is 1. The van der Waals surface area contributed by atoms with Gasteiger partial charge in [-0.15, -0.1) is 0 Å². The van der Waals surface area contributed by atoms with Gasteiger partial charge in [0.25, 0.3) is 0 Å². The first kappa shape index (κ1) is 22.7. The molecule has 1 aliphatic rings. The van der Waals surface area contributed by atoms with E-state index in [9.17, 15) is 17.6 Å². The zero-order valence-corrected chi connectivity index (χ0v) is 18.6. The number of nitrogens with one attached hydrogen (secondary N) is 1. The second-order valence-electron chi connectivity index (χ2n) is 7.77. The molecule has 8 heteroatoms. The molecule has 0 saturated carbocycles. The number of amides is 1. The standard InChI is InChI=1S/C22H26ClFN2O3S/c1-15-6-8-17(9-7-15)16(2)25-22(27)18-10-12-26(13-11-18)30(28,29)14-19-20(23)4-3-5-21(19)24/h3-9,16,18H,10-14H2,1-2H3,(H,25,27)/t16-/m1/s1. The molecular weight excluding hydrogens is 427 g/mol. The quantitative estimate of drug-likeness (QED) is 0.714. The molecule has 1 saturated heterocycles. The van der Waals surface area contributed by atoms with Crippen LogP contribution < -0.4 is 5.32 Å². The van der Waals surface area contributed by atoms with Gasteiger partial charge in [0.1, 0.15) is 5.82 Å². The minimum absolute atomic E-state index is 0.0223. The third-order valence-electron chi connectivity index (χ3n) is 5.54. The lowest BCUT2D eigenvalue weighted by Crippen LogP contribution is -2.43. The number of hydrogen-bond donors (Lipinski definition) is 1. The smallest absolute Gasteiger partial charge is 0.223 e. The van der Waals surface area contributed by atoms with Crippen LogP contribution in [-0.2, 0) is 20.6 Å². The highest BCUT2D eigenvalue weighted by Gasteiger charge is 2.32. The van der Waals surface area contributed by atoms with E-state index in [0.717, 1.165) is 11.1 Å². The molecule has 1 heterocycles. The lowest BCUT2D eigenvalue weighted by molar-refractivity contribution is -0.126. The van der Waals surface area contributed by atoms with Crippen LogP contribution in [0, 0.1) is 18.7 Å². The molecule has 3 rings (SSSR count). The summed E-state index contributed by atoms with van der Waals surface area (Å²) in [4.78, 5) is 12.6. The van der Waals surface area contributed by atoms with E-state index < -0.39 is 21.6 Å². The van der Waals surface area contributed by atoms with Crippen LogP contribution in [0.3, 0.4) is 0 Å². The molecule has 0 bridgehead atoms. The summed E-state index contributed by atoms with van der Waals surface area (Å²) in [5.74, 6) is -1.44. The number of carbonyl (C=O) groups excluding carboxylic acids is 1. The Hall–Kier alpha value is -1.96. The van der Waals surface area contributed by atoms with Crippen molar-refractivity contribution in [3.8, 4) is 0 Å². The Balaban J connectivity index is 1.57. The van der Waals surface area contributed by atoms with E-state index in [-0.39, 0.29) is 41.5 Å². The zero-order valence-electron chi connectivity index (χ0n) is 17.1. The van der Waals surface area contributed by atoms with Crippen molar-refractivity contribution in [3.63, 3.8) is 0 Å². The third kappa shape index (κ3) is 5.39. The van der Waals surface area contributed by atoms with E-state index in [0.29, 0.717) is 12.8 Å². The first-order valence-electron chi connectivity index (χ1n) is 9.95. The Morgan fingerprint density at radius 2 is 1.83 bits per heavy atom. The third-order valence-corrected chi connectivity index (χ3v) is 7.70. The van der Waals surface area contributed by atoms with Gasteiger partial charge in [-0.3, -0.25) is 4.79 Å². The van der Waals surface area contributed by atoms with Crippen LogP contribution in [0.25, 0.3) is 0 Å². The predicted molar refractivity (Wildman–Crippen MR) is 116 cm³/mol. The van der Waals surface area contributed by atoms with Crippen LogP contribution in [0.2, 0.25) is 5.02 Å². The van der Waals surface area contributed by atoms with E-state index in [2.05, 4.69) is 5.32 Å². The summed E-state index contributed by atoms with van der Waals surface area (Å²) < 4.78 is 40.8. The summed E-state index contributed by atoms with van der Waals surface area (Å²) >= 11 is 5.97. The van der Waals surface area contributed by atoms with Crippen LogP contribution in [0.1, 0.15) is 42.5 Å². The summed E-state index contributed by atoms with van der Waals surface area (Å²) in [6.45, 7) is 4.39. The van der Waals surface area contributed by atoms with Crippen molar-refractivity contribution in [3.05, 3.63) is 70.0 Å². The fourth-order valence-electron chi connectivity index (χ4n) is 3.61. The molecule has 30 heavy (non-hydrogen) atoms. The van der Waals surface area contributed by atoms with Crippen LogP contribution in [-0.4, -0.2) is 31.7 Å². The van der Waals surface area contributed by atoms with Gasteiger partial charge in [-0.25, -0.2) is 17.1 Å². The van der Waals surface area contributed by atoms with E-state index in [1.165, 1.54) is 22.5 Å². The fraction of sp³-hybridized carbons (Fsp3) is 0.409. The average Bonchev–Trinajstić information content (AvgIpc) is 2.71. The summed E-state index contributed by atoms with van der Waals surface area (Å²) in [7, 11) is -3.72. The maximum Gasteiger partial charge on any atom is 0.223 e. The molecule has 1 aliphatic heterocycles. The van der Waals surface area contributed by atoms with Crippen molar-refractivity contribution in [2.24, 2.45) is 5.92 Å².